The number of carbonyl (C=O) groups is 1. The zero-order valence-corrected chi connectivity index (χ0v) is 23.9. The molecule has 1 aliphatic rings. The highest BCUT2D eigenvalue weighted by Crippen LogP contribution is 2.54. The van der Waals surface area contributed by atoms with Crippen molar-refractivity contribution in [2.75, 3.05) is 7.11 Å². The fraction of sp³-hybridized carbons (Fsp3) is 0.467. The van der Waals surface area contributed by atoms with Crippen LogP contribution in [0.25, 0.3) is 16.8 Å². The number of hydrogen-bond donors (Lipinski definition) is 0. The Morgan fingerprint density at radius 3 is 2.18 bits per heavy atom. The molecule has 3 aromatic rings. The molecule has 0 spiro atoms. The maximum Gasteiger partial charge on any atom is 0.573 e. The average Bonchev–Trinajstić information content (AvgIpc) is 3.42. The maximum atomic E-state index is 12.8. The molecule has 5 nitrogen and oxygen atoms in total. The fourth-order valence-electron chi connectivity index (χ4n) is 4.22. The molecule has 0 amide bonds. The first-order valence-corrected chi connectivity index (χ1v) is 13.4. The molecule has 210 valence electrons. The van der Waals surface area contributed by atoms with E-state index in [2.05, 4.69) is 4.74 Å². The van der Waals surface area contributed by atoms with Crippen LogP contribution in [-0.4, -0.2) is 29.2 Å². The lowest BCUT2D eigenvalue weighted by Gasteiger charge is -2.14. The minimum Gasteiger partial charge on any atom is -0.469 e. The van der Waals surface area contributed by atoms with Crippen molar-refractivity contribution in [1.29, 1.82) is 0 Å². The number of carbonyl (C=O) groups excluding carboxylic acids is 1. The van der Waals surface area contributed by atoms with E-state index < -0.39 is 6.36 Å². The molecule has 3 atom stereocenters. The molecule has 2 aromatic carbocycles. The van der Waals surface area contributed by atoms with Crippen molar-refractivity contribution in [3.05, 3.63) is 66.0 Å². The van der Waals surface area contributed by atoms with Crippen LogP contribution in [0.3, 0.4) is 0 Å². The molecule has 3 unspecified atom stereocenters. The smallest absolute Gasteiger partial charge is 0.469 e. The van der Waals surface area contributed by atoms with Gasteiger partial charge in [-0.05, 0) is 42.2 Å². The molecule has 0 bridgehead atoms. The monoisotopic (exact) mass is 534 g/mol. The van der Waals surface area contributed by atoms with Gasteiger partial charge in [-0.25, -0.2) is 4.68 Å². The summed E-state index contributed by atoms with van der Waals surface area (Å²) in [6, 6.07) is 15.2. The zero-order chi connectivity index (χ0) is 29.0. The molecule has 0 N–H and O–H groups in total. The standard InChI is InChI=1S/C24H23F3N2O3.3C2H6/c1-4-16-13-19(21-14(2)22(21)23(30)31-3)28-29(16)17-9-7-8-15(12-17)18-10-5-6-11-20(18)32-24(25,26)27;3*1-2/h5-14,21-22H,4H2,1-3H3;3*1-2H3. The van der Waals surface area contributed by atoms with Crippen LogP contribution in [-0.2, 0) is 16.0 Å². The van der Waals surface area contributed by atoms with E-state index in [9.17, 15) is 18.0 Å². The predicted molar refractivity (Wildman–Crippen MR) is 147 cm³/mol. The summed E-state index contributed by atoms with van der Waals surface area (Å²) >= 11 is 0. The van der Waals surface area contributed by atoms with Crippen molar-refractivity contribution in [1.82, 2.24) is 9.78 Å². The van der Waals surface area contributed by atoms with Gasteiger partial charge in [-0.2, -0.15) is 5.10 Å². The Bertz CT molecular complexity index is 1140. The number of aryl methyl sites for hydroxylation is 1. The van der Waals surface area contributed by atoms with Gasteiger partial charge in [0.05, 0.1) is 24.4 Å². The molecule has 1 heterocycles. The number of aromatic nitrogens is 2. The number of methoxy groups -OCH3 is 1. The van der Waals surface area contributed by atoms with Crippen molar-refractivity contribution < 1.29 is 27.4 Å². The number of esters is 1. The molecule has 4 rings (SSSR count). The minimum absolute atomic E-state index is 0.00176. The Balaban J connectivity index is 0.00000112. The van der Waals surface area contributed by atoms with Crippen LogP contribution in [0.15, 0.2) is 54.6 Å². The Morgan fingerprint density at radius 1 is 0.974 bits per heavy atom. The van der Waals surface area contributed by atoms with Crippen molar-refractivity contribution in [2.45, 2.75) is 74.1 Å². The van der Waals surface area contributed by atoms with Crippen LogP contribution in [0, 0.1) is 11.8 Å². The lowest BCUT2D eigenvalue weighted by molar-refractivity contribution is -0.274. The third-order valence-corrected chi connectivity index (χ3v) is 5.87. The number of alkyl halides is 3. The number of halogens is 3. The van der Waals surface area contributed by atoms with E-state index in [-0.39, 0.29) is 29.5 Å². The van der Waals surface area contributed by atoms with Crippen molar-refractivity contribution in [2.24, 2.45) is 11.8 Å². The molecule has 0 aliphatic heterocycles. The number of rotatable bonds is 6. The first-order chi connectivity index (χ1) is 18.2. The number of benzene rings is 2. The van der Waals surface area contributed by atoms with Gasteiger partial charge in [0.25, 0.3) is 0 Å². The van der Waals surface area contributed by atoms with E-state index in [0.29, 0.717) is 17.5 Å². The van der Waals surface area contributed by atoms with E-state index >= 15 is 0 Å². The van der Waals surface area contributed by atoms with Crippen molar-refractivity contribution in [3.8, 4) is 22.6 Å². The van der Waals surface area contributed by atoms with Crippen LogP contribution in [0.1, 0.15) is 72.7 Å². The molecule has 1 saturated carbocycles. The van der Waals surface area contributed by atoms with E-state index in [4.69, 9.17) is 9.84 Å². The Hall–Kier alpha value is -3.29. The Morgan fingerprint density at radius 2 is 1.61 bits per heavy atom. The van der Waals surface area contributed by atoms with Gasteiger partial charge < -0.3 is 9.47 Å². The van der Waals surface area contributed by atoms with Gasteiger partial charge in [0.1, 0.15) is 5.75 Å². The number of ether oxygens (including phenoxy) is 2. The topological polar surface area (TPSA) is 53.3 Å². The van der Waals surface area contributed by atoms with Crippen LogP contribution in [0.5, 0.6) is 5.75 Å². The molecule has 1 fully saturated rings. The van der Waals surface area contributed by atoms with Crippen molar-refractivity contribution in [3.63, 3.8) is 0 Å². The highest BCUT2D eigenvalue weighted by atomic mass is 19.4. The number of para-hydroxylation sites is 1. The van der Waals surface area contributed by atoms with Gasteiger partial charge in [0.2, 0.25) is 0 Å². The Labute approximate surface area is 225 Å². The SMILES string of the molecule is CC.CC.CC.CCc1cc(C2C(C)C2C(=O)OC)nn1-c1cccc(-c2ccccc2OC(F)(F)F)c1. The zero-order valence-electron chi connectivity index (χ0n) is 23.9. The third-order valence-electron chi connectivity index (χ3n) is 5.87. The van der Waals surface area contributed by atoms with Gasteiger partial charge in [-0.15, -0.1) is 13.2 Å². The molecule has 8 heteroatoms. The van der Waals surface area contributed by atoms with Gasteiger partial charge >= 0.3 is 12.3 Å². The summed E-state index contributed by atoms with van der Waals surface area (Å²) in [5.41, 5.74) is 3.39. The molecule has 0 saturated heterocycles. The normalized spacial score (nSPS) is 17.4. The number of hydrogen-bond acceptors (Lipinski definition) is 4. The van der Waals surface area contributed by atoms with Gasteiger partial charge in [0.15, 0.2) is 0 Å². The predicted octanol–water partition coefficient (Wildman–Crippen LogP) is 8.60. The average molecular weight is 535 g/mol. The van der Waals surface area contributed by atoms with Gasteiger partial charge in [-0.1, -0.05) is 85.7 Å². The second-order valence-corrected chi connectivity index (χ2v) is 7.85. The third kappa shape index (κ3) is 7.85. The van der Waals surface area contributed by atoms with Gasteiger partial charge in [-0.3, -0.25) is 4.79 Å². The summed E-state index contributed by atoms with van der Waals surface area (Å²) in [4.78, 5) is 12.0. The fourth-order valence-corrected chi connectivity index (χ4v) is 4.22. The Kier molecular flexibility index (Phi) is 13.1. The van der Waals surface area contributed by atoms with E-state index in [0.717, 1.165) is 17.1 Å². The summed E-state index contributed by atoms with van der Waals surface area (Å²) in [6.07, 6.45) is -4.08. The molecular weight excluding hydrogens is 493 g/mol. The van der Waals surface area contributed by atoms with E-state index in [1.54, 1.807) is 35.0 Å². The second kappa shape index (κ2) is 15.2. The molecular formula is C30H41F3N2O3. The summed E-state index contributed by atoms with van der Waals surface area (Å²) in [7, 11) is 1.38. The second-order valence-electron chi connectivity index (χ2n) is 7.85. The first-order valence-electron chi connectivity index (χ1n) is 13.4. The van der Waals surface area contributed by atoms with Crippen LogP contribution in [0.2, 0.25) is 0 Å². The lowest BCUT2D eigenvalue weighted by Crippen LogP contribution is -2.17. The largest absolute Gasteiger partial charge is 0.573 e. The molecule has 1 aromatic heterocycles. The molecule has 1 aliphatic carbocycles. The molecule has 38 heavy (non-hydrogen) atoms. The summed E-state index contributed by atoms with van der Waals surface area (Å²) in [5, 5.41) is 4.74. The summed E-state index contributed by atoms with van der Waals surface area (Å²) in [5.74, 6) is -0.558. The highest BCUT2D eigenvalue weighted by molar-refractivity contribution is 5.78. The van der Waals surface area contributed by atoms with Crippen LogP contribution >= 0.6 is 0 Å². The van der Waals surface area contributed by atoms with Crippen molar-refractivity contribution >= 4 is 5.97 Å². The van der Waals surface area contributed by atoms with Gasteiger partial charge in [0, 0.05) is 17.2 Å². The van der Waals surface area contributed by atoms with Crippen LogP contribution in [0.4, 0.5) is 13.2 Å². The van der Waals surface area contributed by atoms with Crippen LogP contribution < -0.4 is 4.74 Å². The van der Waals surface area contributed by atoms with E-state index in [1.165, 1.54) is 19.2 Å². The maximum absolute atomic E-state index is 12.8. The molecule has 0 radical (unpaired) electrons. The first kappa shape index (κ1) is 32.7. The summed E-state index contributed by atoms with van der Waals surface area (Å²) in [6.45, 7) is 16.0. The van der Waals surface area contributed by atoms with E-state index in [1.807, 2.05) is 67.5 Å². The summed E-state index contributed by atoms with van der Waals surface area (Å²) < 4.78 is 49.4. The highest BCUT2D eigenvalue weighted by Gasteiger charge is 2.54. The quantitative estimate of drug-likeness (QED) is 0.297. The minimum atomic E-state index is -4.78. The number of nitrogens with zero attached hydrogens (tertiary/aromatic N) is 2. The lowest BCUT2D eigenvalue weighted by atomic mass is 10.0.